The van der Waals surface area contributed by atoms with Crippen LogP contribution in [-0.4, -0.2) is 26.2 Å². The highest BCUT2D eigenvalue weighted by Crippen LogP contribution is 2.12. The Kier molecular flexibility index (Phi) is 3.36. The normalized spacial score (nSPS) is 11.2. The van der Waals surface area contributed by atoms with E-state index in [0.29, 0.717) is 17.4 Å². The van der Waals surface area contributed by atoms with E-state index in [-0.39, 0.29) is 0 Å². The third-order valence-corrected chi connectivity index (χ3v) is 2.37. The predicted octanol–water partition coefficient (Wildman–Crippen LogP) is 2.01. The van der Waals surface area contributed by atoms with Gasteiger partial charge in [-0.2, -0.15) is 0 Å². The van der Waals surface area contributed by atoms with Crippen molar-refractivity contribution in [1.29, 1.82) is 0 Å². The van der Waals surface area contributed by atoms with Crippen molar-refractivity contribution in [2.75, 3.05) is 6.61 Å². The average molecular weight is 241 g/mol. The summed E-state index contributed by atoms with van der Waals surface area (Å²) in [5.41, 5.74) is 0.701. The quantitative estimate of drug-likeness (QED) is 0.606. The molecule has 0 amide bonds. The highest BCUT2D eigenvalue weighted by Gasteiger charge is 2.09. The molecule has 0 unspecified atom stereocenters. The number of aryl methyl sites for hydroxylation is 1. The Morgan fingerprint density at radius 3 is 3.00 bits per heavy atom. The molecule has 2 aromatic heterocycles. The van der Waals surface area contributed by atoms with Crippen LogP contribution in [0.15, 0.2) is 6.07 Å². The molecule has 0 spiro atoms. The summed E-state index contributed by atoms with van der Waals surface area (Å²) in [6.07, 6.45) is 0.986. The SMILES string of the molecule is CCCOCc1nnc2cc(Cl)nc(C)n12. The Morgan fingerprint density at radius 2 is 2.25 bits per heavy atom. The zero-order valence-corrected chi connectivity index (χ0v) is 10.0. The summed E-state index contributed by atoms with van der Waals surface area (Å²) in [6.45, 7) is 5.09. The van der Waals surface area contributed by atoms with Crippen LogP contribution >= 0.6 is 11.6 Å². The number of fused-ring (bicyclic) bond motifs is 1. The lowest BCUT2D eigenvalue weighted by molar-refractivity contribution is 0.115. The van der Waals surface area contributed by atoms with Gasteiger partial charge in [-0.05, 0) is 13.3 Å². The van der Waals surface area contributed by atoms with E-state index in [1.54, 1.807) is 6.07 Å². The third-order valence-electron chi connectivity index (χ3n) is 2.18. The maximum absolute atomic E-state index is 5.84. The summed E-state index contributed by atoms with van der Waals surface area (Å²) in [6, 6.07) is 1.69. The molecule has 2 heterocycles. The molecule has 0 saturated carbocycles. The van der Waals surface area contributed by atoms with Crippen molar-refractivity contribution < 1.29 is 4.74 Å². The van der Waals surface area contributed by atoms with E-state index >= 15 is 0 Å². The molecule has 2 aromatic rings. The van der Waals surface area contributed by atoms with Crippen molar-refractivity contribution >= 4 is 17.2 Å². The second kappa shape index (κ2) is 4.76. The number of aromatic nitrogens is 4. The Hall–Kier alpha value is -1.20. The molecule has 0 radical (unpaired) electrons. The van der Waals surface area contributed by atoms with E-state index in [2.05, 4.69) is 22.1 Å². The second-order valence-electron chi connectivity index (χ2n) is 3.49. The molecule has 86 valence electrons. The van der Waals surface area contributed by atoms with Crippen LogP contribution in [0.25, 0.3) is 5.65 Å². The molecule has 0 N–H and O–H groups in total. The first kappa shape index (κ1) is 11.3. The first-order valence-electron chi connectivity index (χ1n) is 5.17. The van der Waals surface area contributed by atoms with Gasteiger partial charge in [-0.3, -0.25) is 4.40 Å². The van der Waals surface area contributed by atoms with Gasteiger partial charge < -0.3 is 4.74 Å². The summed E-state index contributed by atoms with van der Waals surface area (Å²) < 4.78 is 7.29. The number of rotatable bonds is 4. The van der Waals surface area contributed by atoms with E-state index in [4.69, 9.17) is 16.3 Å². The van der Waals surface area contributed by atoms with Crippen molar-refractivity contribution in [3.8, 4) is 0 Å². The number of hydrogen-bond donors (Lipinski definition) is 0. The molecule has 2 rings (SSSR count). The molecule has 0 bridgehead atoms. The van der Waals surface area contributed by atoms with Gasteiger partial charge in [-0.1, -0.05) is 18.5 Å². The Morgan fingerprint density at radius 1 is 1.44 bits per heavy atom. The Balaban J connectivity index is 2.33. The maximum atomic E-state index is 5.84. The van der Waals surface area contributed by atoms with E-state index in [1.165, 1.54) is 0 Å². The van der Waals surface area contributed by atoms with Crippen LogP contribution in [0.5, 0.6) is 0 Å². The van der Waals surface area contributed by atoms with Gasteiger partial charge >= 0.3 is 0 Å². The fourth-order valence-corrected chi connectivity index (χ4v) is 1.74. The summed E-state index contributed by atoms with van der Waals surface area (Å²) in [5.74, 6) is 1.52. The lowest BCUT2D eigenvalue weighted by Gasteiger charge is -2.03. The smallest absolute Gasteiger partial charge is 0.165 e. The molecule has 0 aliphatic rings. The van der Waals surface area contributed by atoms with E-state index in [9.17, 15) is 0 Å². The van der Waals surface area contributed by atoms with Crippen LogP contribution in [0.1, 0.15) is 25.0 Å². The van der Waals surface area contributed by atoms with Gasteiger partial charge in [-0.15, -0.1) is 10.2 Å². The summed E-state index contributed by atoms with van der Waals surface area (Å²) in [4.78, 5) is 4.16. The van der Waals surface area contributed by atoms with Gasteiger partial charge in [0.25, 0.3) is 0 Å². The molecule has 0 aliphatic carbocycles. The van der Waals surface area contributed by atoms with Crippen molar-refractivity contribution in [3.05, 3.63) is 22.9 Å². The standard InChI is InChI=1S/C10H13ClN4O/c1-3-4-16-6-10-14-13-9-5-8(11)12-7(2)15(9)10/h5H,3-4,6H2,1-2H3. The molecule has 5 nitrogen and oxygen atoms in total. The Bertz CT molecular complexity index is 497. The number of nitrogens with zero attached hydrogens (tertiary/aromatic N) is 4. The van der Waals surface area contributed by atoms with Gasteiger partial charge in [0.15, 0.2) is 11.5 Å². The lowest BCUT2D eigenvalue weighted by Crippen LogP contribution is -2.03. The van der Waals surface area contributed by atoms with Gasteiger partial charge in [0, 0.05) is 12.7 Å². The van der Waals surface area contributed by atoms with Gasteiger partial charge in [-0.25, -0.2) is 4.98 Å². The van der Waals surface area contributed by atoms with Crippen molar-refractivity contribution in [2.24, 2.45) is 0 Å². The van der Waals surface area contributed by atoms with Crippen LogP contribution in [0.3, 0.4) is 0 Å². The first-order chi connectivity index (χ1) is 7.72. The van der Waals surface area contributed by atoms with Gasteiger partial charge in [0.1, 0.15) is 17.6 Å². The molecule has 0 saturated heterocycles. The minimum absolute atomic E-state index is 0.429. The van der Waals surface area contributed by atoms with Gasteiger partial charge in [0.05, 0.1) is 0 Å². The van der Waals surface area contributed by atoms with E-state index < -0.39 is 0 Å². The molecule has 0 aliphatic heterocycles. The fraction of sp³-hybridized carbons (Fsp3) is 0.500. The number of ether oxygens (including phenoxy) is 1. The monoisotopic (exact) mass is 240 g/mol. The third kappa shape index (κ3) is 2.15. The second-order valence-corrected chi connectivity index (χ2v) is 3.88. The van der Waals surface area contributed by atoms with Crippen LogP contribution in [0, 0.1) is 6.92 Å². The van der Waals surface area contributed by atoms with Crippen LogP contribution < -0.4 is 0 Å². The van der Waals surface area contributed by atoms with Crippen molar-refractivity contribution in [3.63, 3.8) is 0 Å². The van der Waals surface area contributed by atoms with Gasteiger partial charge in [0.2, 0.25) is 0 Å². The van der Waals surface area contributed by atoms with Crippen LogP contribution in [0.4, 0.5) is 0 Å². The van der Waals surface area contributed by atoms with Crippen LogP contribution in [-0.2, 0) is 11.3 Å². The number of halogens is 1. The minimum atomic E-state index is 0.429. The molecule has 0 aromatic carbocycles. The topological polar surface area (TPSA) is 52.3 Å². The minimum Gasteiger partial charge on any atom is -0.373 e. The summed E-state index contributed by atoms with van der Waals surface area (Å²) in [7, 11) is 0. The highest BCUT2D eigenvalue weighted by atomic mass is 35.5. The maximum Gasteiger partial charge on any atom is 0.165 e. The van der Waals surface area contributed by atoms with Crippen molar-refractivity contribution in [2.45, 2.75) is 26.9 Å². The fourth-order valence-electron chi connectivity index (χ4n) is 1.52. The zero-order valence-electron chi connectivity index (χ0n) is 9.27. The molecular formula is C10H13ClN4O. The Labute approximate surface area is 98.4 Å². The average Bonchev–Trinajstić information content (AvgIpc) is 2.62. The van der Waals surface area contributed by atoms with E-state index in [0.717, 1.165) is 24.7 Å². The van der Waals surface area contributed by atoms with Crippen molar-refractivity contribution in [1.82, 2.24) is 19.6 Å². The summed E-state index contributed by atoms with van der Waals surface area (Å²) in [5, 5.41) is 8.52. The highest BCUT2D eigenvalue weighted by molar-refractivity contribution is 6.29. The van der Waals surface area contributed by atoms with Crippen LogP contribution in [0.2, 0.25) is 5.15 Å². The molecule has 6 heteroatoms. The largest absolute Gasteiger partial charge is 0.373 e. The first-order valence-corrected chi connectivity index (χ1v) is 5.55. The number of hydrogen-bond acceptors (Lipinski definition) is 4. The van der Waals surface area contributed by atoms with E-state index in [1.807, 2.05) is 11.3 Å². The zero-order chi connectivity index (χ0) is 11.5. The molecule has 16 heavy (non-hydrogen) atoms. The summed E-state index contributed by atoms with van der Waals surface area (Å²) >= 11 is 5.84. The molecule has 0 atom stereocenters. The molecule has 0 fully saturated rings. The predicted molar refractivity (Wildman–Crippen MR) is 60.5 cm³/mol. The lowest BCUT2D eigenvalue weighted by atomic mass is 10.5. The molecular weight excluding hydrogens is 228 g/mol.